The number of methoxy groups -OCH3 is 4. The van der Waals surface area contributed by atoms with Crippen molar-refractivity contribution in [3.8, 4) is 51.0 Å². The SMILES string of the molecule is COc1ccc(C2(c3ccc(OC)cc3)C=Cc3c4c(c5cc(OC)c(OC)cc5c3O2)-c2ccc(-c3ccccc3)cc2C4(C)C)cc1. The Bertz CT molecular complexity index is 2200. The molecule has 1 heterocycles. The van der Waals surface area contributed by atoms with E-state index in [2.05, 4.69) is 111 Å². The molecule has 0 fully saturated rings. The fourth-order valence-corrected chi connectivity index (χ4v) is 7.77. The molecule has 8 rings (SSSR count). The summed E-state index contributed by atoms with van der Waals surface area (Å²) in [4.78, 5) is 0. The van der Waals surface area contributed by atoms with Crippen molar-refractivity contribution in [1.29, 1.82) is 0 Å². The standard InChI is InChI=1S/C44H38O5/c1-43(2)37-24-28(27-10-8-7-9-11-27)12-21-33(37)40-35-25-38(47-5)39(48-6)26-36(35)42-34(41(40)43)22-23-44(49-42,29-13-17-31(45-3)18-14-29)30-15-19-32(46-4)20-16-30/h7-26H,1-6H3. The third kappa shape index (κ3) is 4.60. The van der Waals surface area contributed by atoms with Crippen LogP contribution >= 0.6 is 0 Å². The number of ether oxygens (including phenoxy) is 5. The van der Waals surface area contributed by atoms with E-state index in [4.69, 9.17) is 23.7 Å². The lowest BCUT2D eigenvalue weighted by Crippen LogP contribution is -2.35. The second kappa shape index (κ2) is 11.5. The van der Waals surface area contributed by atoms with Gasteiger partial charge in [0.25, 0.3) is 0 Å². The zero-order valence-corrected chi connectivity index (χ0v) is 28.6. The lowest BCUT2D eigenvalue weighted by molar-refractivity contribution is 0.163. The number of rotatable bonds is 7. The van der Waals surface area contributed by atoms with Crippen LogP contribution in [0.5, 0.6) is 28.7 Å². The third-order valence-electron chi connectivity index (χ3n) is 10.3. The van der Waals surface area contributed by atoms with E-state index in [0.29, 0.717) is 11.5 Å². The van der Waals surface area contributed by atoms with Crippen molar-refractivity contribution in [3.63, 3.8) is 0 Å². The molecule has 6 aromatic carbocycles. The Balaban J connectivity index is 1.42. The molecule has 0 N–H and O–H groups in total. The van der Waals surface area contributed by atoms with Gasteiger partial charge in [-0.3, -0.25) is 0 Å². The molecular weight excluding hydrogens is 608 g/mol. The molecule has 1 aliphatic carbocycles. The first-order chi connectivity index (χ1) is 23.8. The number of hydrogen-bond donors (Lipinski definition) is 0. The van der Waals surface area contributed by atoms with Gasteiger partial charge in [0, 0.05) is 27.5 Å². The number of fused-ring (bicyclic) bond motifs is 8. The summed E-state index contributed by atoms with van der Waals surface area (Å²) in [6.45, 7) is 4.64. The first-order valence-corrected chi connectivity index (χ1v) is 16.5. The molecule has 5 heteroatoms. The van der Waals surface area contributed by atoms with Crippen LogP contribution in [0.2, 0.25) is 0 Å². The van der Waals surface area contributed by atoms with Crippen molar-refractivity contribution in [2.24, 2.45) is 0 Å². The molecule has 5 nitrogen and oxygen atoms in total. The Kier molecular flexibility index (Phi) is 7.18. The van der Waals surface area contributed by atoms with Gasteiger partial charge >= 0.3 is 0 Å². The Morgan fingerprint density at radius 1 is 0.571 bits per heavy atom. The lowest BCUT2D eigenvalue weighted by atomic mass is 9.76. The molecule has 0 amide bonds. The maximum absolute atomic E-state index is 7.47. The van der Waals surface area contributed by atoms with Crippen LogP contribution in [0.1, 0.15) is 41.7 Å². The van der Waals surface area contributed by atoms with E-state index in [9.17, 15) is 0 Å². The van der Waals surface area contributed by atoms with E-state index in [0.717, 1.165) is 44.7 Å². The van der Waals surface area contributed by atoms with Crippen molar-refractivity contribution in [2.45, 2.75) is 24.9 Å². The summed E-state index contributed by atoms with van der Waals surface area (Å²) in [7, 11) is 6.72. The smallest absolute Gasteiger partial charge is 0.178 e. The van der Waals surface area contributed by atoms with Crippen molar-refractivity contribution in [1.82, 2.24) is 0 Å². The van der Waals surface area contributed by atoms with Crippen LogP contribution in [0, 0.1) is 0 Å². The van der Waals surface area contributed by atoms with Gasteiger partial charge in [0.1, 0.15) is 17.2 Å². The van der Waals surface area contributed by atoms with Gasteiger partial charge in [0.05, 0.1) is 28.4 Å². The topological polar surface area (TPSA) is 46.2 Å². The second-order valence-corrected chi connectivity index (χ2v) is 13.1. The molecule has 2 aliphatic rings. The predicted molar refractivity (Wildman–Crippen MR) is 196 cm³/mol. The molecular formula is C44H38O5. The molecule has 0 spiro atoms. The zero-order valence-electron chi connectivity index (χ0n) is 28.6. The average molecular weight is 647 g/mol. The molecule has 0 unspecified atom stereocenters. The molecule has 0 bridgehead atoms. The van der Waals surface area contributed by atoms with Crippen molar-refractivity contribution in [3.05, 3.63) is 143 Å². The molecule has 0 atom stereocenters. The Morgan fingerprint density at radius 3 is 1.73 bits per heavy atom. The Labute approximate surface area is 287 Å². The van der Waals surface area contributed by atoms with Crippen LogP contribution in [0.3, 0.4) is 0 Å². The minimum absolute atomic E-state index is 0.325. The summed E-state index contributed by atoms with van der Waals surface area (Å²) >= 11 is 0. The van der Waals surface area contributed by atoms with Crippen LogP contribution < -0.4 is 23.7 Å². The minimum Gasteiger partial charge on any atom is -0.497 e. The van der Waals surface area contributed by atoms with Gasteiger partial charge < -0.3 is 23.7 Å². The predicted octanol–water partition coefficient (Wildman–Crippen LogP) is 10.2. The van der Waals surface area contributed by atoms with Crippen molar-refractivity contribution >= 4 is 16.8 Å². The first kappa shape index (κ1) is 30.6. The summed E-state index contributed by atoms with van der Waals surface area (Å²) in [6.07, 6.45) is 4.45. The lowest BCUT2D eigenvalue weighted by Gasteiger charge is -2.38. The summed E-state index contributed by atoms with van der Waals surface area (Å²) in [5, 5.41) is 2.01. The van der Waals surface area contributed by atoms with Gasteiger partial charge in [0.15, 0.2) is 17.1 Å². The quantitative estimate of drug-likeness (QED) is 0.173. The molecule has 0 aromatic heterocycles. The van der Waals surface area contributed by atoms with E-state index in [-0.39, 0.29) is 5.41 Å². The summed E-state index contributed by atoms with van der Waals surface area (Å²) in [5.74, 6) is 3.68. The Morgan fingerprint density at radius 2 is 1.16 bits per heavy atom. The van der Waals surface area contributed by atoms with E-state index in [1.54, 1.807) is 28.4 Å². The fraction of sp³-hybridized carbons (Fsp3) is 0.182. The minimum atomic E-state index is -0.935. The molecule has 6 aromatic rings. The molecule has 0 saturated heterocycles. The maximum atomic E-state index is 7.47. The highest BCUT2D eigenvalue weighted by Gasteiger charge is 2.44. The van der Waals surface area contributed by atoms with E-state index >= 15 is 0 Å². The molecule has 0 radical (unpaired) electrons. The average Bonchev–Trinajstić information content (AvgIpc) is 3.40. The number of benzene rings is 6. The van der Waals surface area contributed by atoms with Crippen molar-refractivity contribution in [2.75, 3.05) is 28.4 Å². The monoisotopic (exact) mass is 646 g/mol. The van der Waals surface area contributed by atoms with Gasteiger partial charge in [0.2, 0.25) is 0 Å². The third-order valence-corrected chi connectivity index (χ3v) is 10.3. The van der Waals surface area contributed by atoms with Crippen molar-refractivity contribution < 1.29 is 23.7 Å². The van der Waals surface area contributed by atoms with Gasteiger partial charge in [-0.25, -0.2) is 0 Å². The maximum Gasteiger partial charge on any atom is 0.178 e. The van der Waals surface area contributed by atoms with E-state index < -0.39 is 5.60 Å². The van der Waals surface area contributed by atoms with Crippen LogP contribution in [0.25, 0.3) is 39.1 Å². The molecule has 244 valence electrons. The number of hydrogen-bond acceptors (Lipinski definition) is 5. The molecule has 0 saturated carbocycles. The summed E-state index contributed by atoms with van der Waals surface area (Å²) < 4.78 is 30.3. The highest BCUT2D eigenvalue weighted by atomic mass is 16.5. The van der Waals surface area contributed by atoms with Crippen LogP contribution in [0.4, 0.5) is 0 Å². The molecule has 49 heavy (non-hydrogen) atoms. The van der Waals surface area contributed by atoms with Gasteiger partial charge in [-0.05, 0) is 87.3 Å². The highest BCUT2D eigenvalue weighted by molar-refractivity contribution is 6.09. The van der Waals surface area contributed by atoms with Gasteiger partial charge in [-0.15, -0.1) is 0 Å². The van der Waals surface area contributed by atoms with Gasteiger partial charge in [-0.2, -0.15) is 0 Å². The van der Waals surface area contributed by atoms with E-state index in [1.165, 1.54) is 33.4 Å². The summed E-state index contributed by atoms with van der Waals surface area (Å²) in [5.41, 5.74) is 9.08. The zero-order chi connectivity index (χ0) is 33.9. The van der Waals surface area contributed by atoms with Crippen LogP contribution in [0.15, 0.2) is 115 Å². The highest BCUT2D eigenvalue weighted by Crippen LogP contribution is 2.59. The summed E-state index contributed by atoms with van der Waals surface area (Å²) in [6, 6.07) is 37.8. The normalized spacial score (nSPS) is 14.7. The second-order valence-electron chi connectivity index (χ2n) is 13.1. The van der Waals surface area contributed by atoms with E-state index in [1.807, 2.05) is 24.3 Å². The first-order valence-electron chi connectivity index (χ1n) is 16.5. The van der Waals surface area contributed by atoms with Crippen LogP contribution in [-0.4, -0.2) is 28.4 Å². The van der Waals surface area contributed by atoms with Crippen LogP contribution in [-0.2, 0) is 11.0 Å². The Hall–Kier alpha value is -5.68. The van der Waals surface area contributed by atoms with Gasteiger partial charge in [-0.1, -0.05) is 86.7 Å². The largest absolute Gasteiger partial charge is 0.497 e. The molecule has 1 aliphatic heterocycles. The fourth-order valence-electron chi connectivity index (χ4n) is 7.77.